The standard InChI is InChI=1S/C8H12N2O3/c1-5-6(3-4-7(11)12)9-10(2)8(5)13/h9H,3-4H2,1-2H3,(H,11,12). The zero-order chi connectivity index (χ0) is 10.0. The van der Waals surface area contributed by atoms with E-state index in [1.807, 2.05) is 0 Å². The van der Waals surface area contributed by atoms with E-state index in [1.165, 1.54) is 4.68 Å². The predicted octanol–water partition coefficient (Wildman–Crippen LogP) is 0.0390. The second kappa shape index (κ2) is 3.47. The van der Waals surface area contributed by atoms with Gasteiger partial charge in [-0.1, -0.05) is 0 Å². The Labute approximate surface area is 75.0 Å². The van der Waals surface area contributed by atoms with Gasteiger partial charge in [-0.3, -0.25) is 19.4 Å². The van der Waals surface area contributed by atoms with E-state index in [9.17, 15) is 9.59 Å². The molecule has 5 nitrogen and oxygen atoms in total. The number of hydrogen-bond acceptors (Lipinski definition) is 2. The summed E-state index contributed by atoms with van der Waals surface area (Å²) in [4.78, 5) is 21.5. The van der Waals surface area contributed by atoms with Crippen LogP contribution in [-0.4, -0.2) is 20.9 Å². The van der Waals surface area contributed by atoms with E-state index in [0.29, 0.717) is 17.7 Å². The van der Waals surface area contributed by atoms with Crippen molar-refractivity contribution in [1.29, 1.82) is 0 Å². The second-order valence-electron chi connectivity index (χ2n) is 2.97. The lowest BCUT2D eigenvalue weighted by Crippen LogP contribution is -2.12. The van der Waals surface area contributed by atoms with Crippen LogP contribution in [-0.2, 0) is 18.3 Å². The normalized spacial score (nSPS) is 10.3. The third-order valence-electron chi connectivity index (χ3n) is 1.97. The fourth-order valence-electron chi connectivity index (χ4n) is 1.19. The minimum absolute atomic E-state index is 0.0425. The third-order valence-corrected chi connectivity index (χ3v) is 1.97. The van der Waals surface area contributed by atoms with Gasteiger partial charge in [0.2, 0.25) is 0 Å². The molecule has 0 unspecified atom stereocenters. The molecule has 0 radical (unpaired) electrons. The summed E-state index contributed by atoms with van der Waals surface area (Å²) >= 11 is 0. The van der Waals surface area contributed by atoms with Crippen molar-refractivity contribution in [3.8, 4) is 0 Å². The summed E-state index contributed by atoms with van der Waals surface area (Å²) in [5.74, 6) is -0.857. The summed E-state index contributed by atoms with van der Waals surface area (Å²) in [6.07, 6.45) is 0.415. The Morgan fingerprint density at radius 3 is 2.62 bits per heavy atom. The van der Waals surface area contributed by atoms with Gasteiger partial charge in [-0.15, -0.1) is 0 Å². The van der Waals surface area contributed by atoms with Crippen LogP contribution in [0.1, 0.15) is 17.7 Å². The summed E-state index contributed by atoms with van der Waals surface area (Å²) in [5, 5.41) is 11.3. The van der Waals surface area contributed by atoms with Gasteiger partial charge in [0.25, 0.3) is 5.56 Å². The zero-order valence-electron chi connectivity index (χ0n) is 7.63. The number of H-pyrrole nitrogens is 1. The number of aliphatic carboxylic acids is 1. The average molecular weight is 184 g/mol. The van der Waals surface area contributed by atoms with E-state index >= 15 is 0 Å². The van der Waals surface area contributed by atoms with Gasteiger partial charge >= 0.3 is 5.97 Å². The molecule has 1 rings (SSSR count). The summed E-state index contributed by atoms with van der Waals surface area (Å²) in [6.45, 7) is 1.69. The number of aromatic nitrogens is 2. The molecule has 13 heavy (non-hydrogen) atoms. The smallest absolute Gasteiger partial charge is 0.303 e. The van der Waals surface area contributed by atoms with Crippen LogP contribution in [0.15, 0.2) is 4.79 Å². The Bertz CT molecular complexity index is 375. The SMILES string of the molecule is Cc1c(CCC(=O)O)[nH]n(C)c1=O. The number of hydrogen-bond donors (Lipinski definition) is 2. The van der Waals surface area contributed by atoms with Crippen molar-refractivity contribution in [2.45, 2.75) is 19.8 Å². The highest BCUT2D eigenvalue weighted by molar-refractivity contribution is 5.67. The maximum atomic E-state index is 11.2. The molecular formula is C8H12N2O3. The lowest BCUT2D eigenvalue weighted by molar-refractivity contribution is -0.136. The summed E-state index contributed by atoms with van der Waals surface area (Å²) in [7, 11) is 1.61. The first-order chi connectivity index (χ1) is 6.02. The third kappa shape index (κ3) is 1.99. The molecule has 72 valence electrons. The van der Waals surface area contributed by atoms with Crippen molar-refractivity contribution < 1.29 is 9.90 Å². The van der Waals surface area contributed by atoms with E-state index < -0.39 is 5.97 Å². The number of nitrogens with one attached hydrogen (secondary N) is 1. The molecule has 0 saturated carbocycles. The first-order valence-corrected chi connectivity index (χ1v) is 3.98. The molecule has 1 aromatic heterocycles. The Hall–Kier alpha value is -1.52. The van der Waals surface area contributed by atoms with Gasteiger partial charge in [-0.25, -0.2) is 0 Å². The monoisotopic (exact) mass is 184 g/mol. The van der Waals surface area contributed by atoms with Gasteiger partial charge in [0, 0.05) is 18.3 Å². The molecule has 2 N–H and O–H groups in total. The molecule has 0 aliphatic carbocycles. The molecule has 1 heterocycles. The quantitative estimate of drug-likeness (QED) is 0.696. The van der Waals surface area contributed by atoms with Gasteiger partial charge in [0.1, 0.15) is 0 Å². The topological polar surface area (TPSA) is 75.1 Å². The Kier molecular flexibility index (Phi) is 2.55. The van der Waals surface area contributed by atoms with Crippen LogP contribution in [0.5, 0.6) is 0 Å². The summed E-state index contributed by atoms with van der Waals surface area (Å²) in [6, 6.07) is 0. The van der Waals surface area contributed by atoms with E-state index in [0.717, 1.165) is 0 Å². The number of aryl methyl sites for hydroxylation is 2. The van der Waals surface area contributed by atoms with Gasteiger partial charge in [-0.2, -0.15) is 0 Å². The fourth-order valence-corrected chi connectivity index (χ4v) is 1.19. The van der Waals surface area contributed by atoms with Gasteiger partial charge < -0.3 is 5.11 Å². The molecular weight excluding hydrogens is 172 g/mol. The highest BCUT2D eigenvalue weighted by Crippen LogP contribution is 2.02. The Morgan fingerprint density at radius 1 is 1.62 bits per heavy atom. The molecule has 0 aromatic carbocycles. The maximum Gasteiger partial charge on any atom is 0.303 e. The number of carboxylic acids is 1. The molecule has 0 bridgehead atoms. The minimum atomic E-state index is -0.857. The molecule has 0 fully saturated rings. The number of nitrogens with zero attached hydrogens (tertiary/aromatic N) is 1. The largest absolute Gasteiger partial charge is 0.481 e. The van der Waals surface area contributed by atoms with Crippen LogP contribution in [0.2, 0.25) is 0 Å². The maximum absolute atomic E-state index is 11.2. The molecule has 0 saturated heterocycles. The van der Waals surface area contributed by atoms with Crippen LogP contribution in [0.25, 0.3) is 0 Å². The van der Waals surface area contributed by atoms with Crippen molar-refractivity contribution in [3.05, 3.63) is 21.6 Å². The summed E-state index contributed by atoms with van der Waals surface area (Å²) < 4.78 is 1.35. The van der Waals surface area contributed by atoms with E-state index in [4.69, 9.17) is 5.11 Å². The number of carbonyl (C=O) groups is 1. The van der Waals surface area contributed by atoms with E-state index in [-0.39, 0.29) is 12.0 Å². The van der Waals surface area contributed by atoms with E-state index in [2.05, 4.69) is 5.10 Å². The number of rotatable bonds is 3. The Balaban J connectivity index is 2.84. The fraction of sp³-hybridized carbons (Fsp3) is 0.500. The van der Waals surface area contributed by atoms with Crippen molar-refractivity contribution in [2.75, 3.05) is 0 Å². The van der Waals surface area contributed by atoms with Crippen molar-refractivity contribution in [3.63, 3.8) is 0 Å². The molecule has 0 amide bonds. The Morgan fingerprint density at radius 2 is 2.23 bits per heavy atom. The minimum Gasteiger partial charge on any atom is -0.481 e. The lowest BCUT2D eigenvalue weighted by Gasteiger charge is -1.94. The number of carboxylic acid groups (broad SMARTS) is 1. The van der Waals surface area contributed by atoms with Crippen LogP contribution in [0.3, 0.4) is 0 Å². The van der Waals surface area contributed by atoms with Crippen molar-refractivity contribution >= 4 is 5.97 Å². The lowest BCUT2D eigenvalue weighted by atomic mass is 10.2. The van der Waals surface area contributed by atoms with Gasteiger partial charge in [-0.05, 0) is 13.3 Å². The van der Waals surface area contributed by atoms with Crippen molar-refractivity contribution in [1.82, 2.24) is 9.78 Å². The van der Waals surface area contributed by atoms with Crippen molar-refractivity contribution in [2.24, 2.45) is 7.05 Å². The predicted molar refractivity (Wildman–Crippen MR) is 46.7 cm³/mol. The molecule has 1 aromatic rings. The van der Waals surface area contributed by atoms with Gasteiger partial charge in [0.15, 0.2) is 0 Å². The van der Waals surface area contributed by atoms with Gasteiger partial charge in [0.05, 0.1) is 6.42 Å². The first kappa shape index (κ1) is 9.57. The van der Waals surface area contributed by atoms with E-state index in [1.54, 1.807) is 14.0 Å². The highest BCUT2D eigenvalue weighted by Gasteiger charge is 2.08. The van der Waals surface area contributed by atoms with Crippen LogP contribution in [0.4, 0.5) is 0 Å². The van der Waals surface area contributed by atoms with Crippen LogP contribution in [0, 0.1) is 6.92 Å². The average Bonchev–Trinajstić information content (AvgIpc) is 2.29. The summed E-state index contributed by atoms with van der Waals surface area (Å²) in [5.41, 5.74) is 1.21. The molecule has 0 atom stereocenters. The second-order valence-corrected chi connectivity index (χ2v) is 2.97. The molecule has 0 aliphatic rings. The number of aromatic amines is 1. The highest BCUT2D eigenvalue weighted by atomic mass is 16.4. The first-order valence-electron chi connectivity index (χ1n) is 3.98. The molecule has 0 aliphatic heterocycles. The molecule has 0 spiro atoms. The zero-order valence-corrected chi connectivity index (χ0v) is 7.63. The molecule has 5 heteroatoms. The van der Waals surface area contributed by atoms with Crippen LogP contribution >= 0.6 is 0 Å². The van der Waals surface area contributed by atoms with Crippen LogP contribution < -0.4 is 5.56 Å².